The summed E-state index contributed by atoms with van der Waals surface area (Å²) in [5.41, 5.74) is 2.85. The van der Waals surface area contributed by atoms with Crippen molar-refractivity contribution in [1.29, 1.82) is 0 Å². The van der Waals surface area contributed by atoms with Crippen LogP contribution in [0.1, 0.15) is 140 Å². The van der Waals surface area contributed by atoms with Crippen LogP contribution in [0, 0.1) is 23.6 Å². The van der Waals surface area contributed by atoms with Gasteiger partial charge in [-0.25, -0.2) is 4.39 Å². The molecule has 0 N–H and O–H groups in total. The van der Waals surface area contributed by atoms with Crippen LogP contribution in [-0.4, -0.2) is 23.9 Å². The van der Waals surface area contributed by atoms with Gasteiger partial charge < -0.3 is 4.90 Å². The molecule has 0 radical (unpaired) electrons. The van der Waals surface area contributed by atoms with Gasteiger partial charge in [0.15, 0.2) is 0 Å². The lowest BCUT2D eigenvalue weighted by Gasteiger charge is -2.40. The average molecular weight is 510 g/mol. The predicted octanol–water partition coefficient (Wildman–Crippen LogP) is 9.55. The Hall–Kier alpha value is -1.64. The van der Waals surface area contributed by atoms with Crippen LogP contribution in [0.4, 0.5) is 4.39 Å². The Morgan fingerprint density at radius 2 is 1.49 bits per heavy atom. The molecule has 4 rings (SSSR count). The Morgan fingerprint density at radius 1 is 0.892 bits per heavy atom. The molecule has 206 valence electrons. The maximum Gasteiger partial charge on any atom is 0.248 e. The van der Waals surface area contributed by atoms with Crippen molar-refractivity contribution in [3.8, 4) is 0 Å². The number of carbonyl (C=O) groups is 1. The maximum absolute atomic E-state index is 15.3. The van der Waals surface area contributed by atoms with E-state index in [0.717, 1.165) is 49.0 Å². The highest BCUT2D eigenvalue weighted by molar-refractivity contribution is 5.92. The second-order valence-electron chi connectivity index (χ2n) is 12.9. The highest BCUT2D eigenvalue weighted by Gasteiger charge is 2.34. The smallest absolute Gasteiger partial charge is 0.248 e. The van der Waals surface area contributed by atoms with E-state index in [-0.39, 0.29) is 11.7 Å². The lowest BCUT2D eigenvalue weighted by molar-refractivity contribution is -0.128. The number of halogens is 1. The molecule has 0 unspecified atom stereocenters. The predicted molar refractivity (Wildman–Crippen MR) is 153 cm³/mol. The van der Waals surface area contributed by atoms with Crippen LogP contribution < -0.4 is 0 Å². The van der Waals surface area contributed by atoms with Crippen molar-refractivity contribution in [2.75, 3.05) is 7.05 Å². The van der Waals surface area contributed by atoms with Crippen LogP contribution in [0.15, 0.2) is 30.4 Å². The molecule has 1 aromatic carbocycles. The van der Waals surface area contributed by atoms with Gasteiger partial charge in [0.25, 0.3) is 0 Å². The third-order valence-electron chi connectivity index (χ3n) is 10.4. The van der Waals surface area contributed by atoms with Gasteiger partial charge in [0, 0.05) is 18.7 Å². The van der Waals surface area contributed by atoms with E-state index in [1.54, 1.807) is 6.92 Å². The van der Waals surface area contributed by atoms with Crippen LogP contribution >= 0.6 is 0 Å². The number of nitrogens with zero attached hydrogens (tertiary/aromatic N) is 1. The highest BCUT2D eigenvalue weighted by Crippen LogP contribution is 2.45. The number of hydrogen-bond donors (Lipinski definition) is 0. The molecule has 2 nitrogen and oxygen atoms in total. The van der Waals surface area contributed by atoms with Gasteiger partial charge in [0.05, 0.1) is 0 Å². The topological polar surface area (TPSA) is 20.3 Å². The first kappa shape index (κ1) is 28.4. The van der Waals surface area contributed by atoms with Crippen LogP contribution in [-0.2, 0) is 4.79 Å². The minimum absolute atomic E-state index is 0.0525. The second-order valence-corrected chi connectivity index (χ2v) is 12.9. The molecule has 1 amide bonds. The SMILES string of the molecule is C=C(C)C(=O)N(C)C1CCC(C2CCC(c3ccc(C4CCC(CCCCC)CC4)cc3F)CC2)CC1. The Labute approximate surface area is 226 Å². The largest absolute Gasteiger partial charge is 0.339 e. The van der Waals surface area contributed by atoms with E-state index in [9.17, 15) is 4.79 Å². The molecule has 0 aromatic heterocycles. The monoisotopic (exact) mass is 509 g/mol. The fourth-order valence-corrected chi connectivity index (χ4v) is 7.92. The van der Waals surface area contributed by atoms with Crippen LogP contribution in [0.25, 0.3) is 0 Å². The summed E-state index contributed by atoms with van der Waals surface area (Å²) < 4.78 is 15.3. The van der Waals surface area contributed by atoms with E-state index in [1.165, 1.54) is 82.6 Å². The number of likely N-dealkylation sites (N-methyl/N-ethyl adjacent to an activating group) is 1. The number of amides is 1. The molecule has 3 aliphatic carbocycles. The average Bonchev–Trinajstić information content (AvgIpc) is 2.93. The van der Waals surface area contributed by atoms with E-state index >= 15 is 4.39 Å². The summed E-state index contributed by atoms with van der Waals surface area (Å²) in [5, 5.41) is 0. The van der Waals surface area contributed by atoms with E-state index in [0.29, 0.717) is 23.5 Å². The van der Waals surface area contributed by atoms with Gasteiger partial charge in [-0.3, -0.25) is 4.79 Å². The van der Waals surface area contributed by atoms with E-state index in [4.69, 9.17) is 0 Å². The summed E-state index contributed by atoms with van der Waals surface area (Å²) in [5.74, 6) is 3.53. The Balaban J connectivity index is 1.23. The summed E-state index contributed by atoms with van der Waals surface area (Å²) in [4.78, 5) is 14.2. The van der Waals surface area contributed by atoms with Crippen LogP contribution in [0.5, 0.6) is 0 Å². The zero-order valence-electron chi connectivity index (χ0n) is 24.0. The Bertz CT molecular complexity index is 885. The van der Waals surface area contributed by atoms with Crippen molar-refractivity contribution in [1.82, 2.24) is 4.90 Å². The Kier molecular flexibility index (Phi) is 10.3. The van der Waals surface area contributed by atoms with Crippen molar-refractivity contribution in [3.05, 3.63) is 47.3 Å². The van der Waals surface area contributed by atoms with Crippen LogP contribution in [0.3, 0.4) is 0 Å². The molecule has 0 aliphatic heterocycles. The standard InChI is InChI=1S/C34H52FNO/c1-5-6-7-8-25-9-11-28(12-10-25)30-19-22-32(33(35)23-30)29-15-13-26(14-16-29)27-17-20-31(21-18-27)36(4)34(37)24(2)3/h19,22-23,25-29,31H,2,5-18,20-21H2,1,3-4H3. The first-order chi connectivity index (χ1) is 17.9. The fourth-order valence-electron chi connectivity index (χ4n) is 7.92. The van der Waals surface area contributed by atoms with Gasteiger partial charge in [0.2, 0.25) is 5.91 Å². The molecule has 3 saturated carbocycles. The van der Waals surface area contributed by atoms with E-state index < -0.39 is 0 Å². The lowest BCUT2D eigenvalue weighted by Crippen LogP contribution is -2.40. The zero-order chi connectivity index (χ0) is 26.4. The van der Waals surface area contributed by atoms with Gasteiger partial charge >= 0.3 is 0 Å². The molecule has 1 aromatic rings. The molecule has 0 spiro atoms. The summed E-state index contributed by atoms with van der Waals surface area (Å²) in [7, 11) is 1.94. The van der Waals surface area contributed by atoms with Crippen molar-refractivity contribution in [2.45, 2.75) is 134 Å². The van der Waals surface area contributed by atoms with Gasteiger partial charge in [-0.2, -0.15) is 0 Å². The Morgan fingerprint density at radius 3 is 2.05 bits per heavy atom. The lowest BCUT2D eigenvalue weighted by atomic mass is 9.69. The van der Waals surface area contributed by atoms with Crippen molar-refractivity contribution < 1.29 is 9.18 Å². The molecular formula is C34H52FNO. The minimum atomic E-state index is 0.0525. The molecular weight excluding hydrogens is 457 g/mol. The van der Waals surface area contributed by atoms with Crippen molar-refractivity contribution in [3.63, 3.8) is 0 Å². The molecule has 3 heteroatoms. The third kappa shape index (κ3) is 7.27. The van der Waals surface area contributed by atoms with Crippen molar-refractivity contribution >= 4 is 5.91 Å². The molecule has 0 heterocycles. The van der Waals surface area contributed by atoms with Gasteiger partial charge in [-0.15, -0.1) is 0 Å². The summed E-state index contributed by atoms with van der Waals surface area (Å²) >= 11 is 0. The summed E-state index contributed by atoms with van der Waals surface area (Å²) in [6.07, 6.45) is 19.9. The highest BCUT2D eigenvalue weighted by atomic mass is 19.1. The fraction of sp³-hybridized carbons (Fsp3) is 0.735. The number of rotatable bonds is 9. The second kappa shape index (κ2) is 13.4. The maximum atomic E-state index is 15.3. The minimum Gasteiger partial charge on any atom is -0.339 e. The van der Waals surface area contributed by atoms with Gasteiger partial charge in [0.1, 0.15) is 5.82 Å². The first-order valence-corrected chi connectivity index (χ1v) is 15.6. The number of unbranched alkanes of at least 4 members (excludes halogenated alkanes) is 2. The normalized spacial score (nSPS) is 30.6. The molecule has 3 fully saturated rings. The number of benzene rings is 1. The molecule has 37 heavy (non-hydrogen) atoms. The van der Waals surface area contributed by atoms with Gasteiger partial charge in [-0.1, -0.05) is 51.3 Å². The summed E-state index contributed by atoms with van der Waals surface area (Å²) in [6.45, 7) is 7.91. The summed E-state index contributed by atoms with van der Waals surface area (Å²) in [6, 6.07) is 6.66. The number of carbonyl (C=O) groups excluding carboxylic acids is 1. The van der Waals surface area contributed by atoms with E-state index in [1.807, 2.05) is 18.0 Å². The molecule has 0 bridgehead atoms. The third-order valence-corrected chi connectivity index (χ3v) is 10.4. The first-order valence-electron chi connectivity index (χ1n) is 15.6. The van der Waals surface area contributed by atoms with Gasteiger partial charge in [-0.05, 0) is 131 Å². The molecule has 0 saturated heterocycles. The molecule has 0 atom stereocenters. The number of hydrogen-bond acceptors (Lipinski definition) is 1. The van der Waals surface area contributed by atoms with Crippen molar-refractivity contribution in [2.24, 2.45) is 17.8 Å². The van der Waals surface area contributed by atoms with E-state index in [2.05, 4.69) is 25.6 Å². The zero-order valence-corrected chi connectivity index (χ0v) is 24.0. The molecule has 3 aliphatic rings. The van der Waals surface area contributed by atoms with Crippen LogP contribution in [0.2, 0.25) is 0 Å². The quantitative estimate of drug-likeness (QED) is 0.240.